The fourth-order valence-corrected chi connectivity index (χ4v) is 3.64. The zero-order chi connectivity index (χ0) is 17.7. The van der Waals surface area contributed by atoms with Gasteiger partial charge in [0.2, 0.25) is 11.8 Å². The Labute approximate surface area is 148 Å². The van der Waals surface area contributed by atoms with E-state index in [1.54, 1.807) is 18.2 Å². The van der Waals surface area contributed by atoms with Crippen LogP contribution < -0.4 is 5.32 Å². The van der Waals surface area contributed by atoms with E-state index in [0.29, 0.717) is 10.8 Å². The summed E-state index contributed by atoms with van der Waals surface area (Å²) >= 11 is 5.94. The van der Waals surface area contributed by atoms with Crippen LogP contribution in [-0.2, 0) is 16.1 Å². The predicted molar refractivity (Wildman–Crippen MR) is 89.7 cm³/mol. The molecule has 4 rings (SSSR count). The third kappa shape index (κ3) is 2.62. The molecule has 0 spiro atoms. The normalized spacial score (nSPS) is 22.8. The topological polar surface area (TPSA) is 98.4 Å². The number of hydrogen-bond acceptors (Lipinski definition) is 4. The molecule has 0 aliphatic carbocycles. The molecule has 130 valence electrons. The average Bonchev–Trinajstić information content (AvgIpc) is 3.25. The van der Waals surface area contributed by atoms with E-state index in [1.165, 1.54) is 11.9 Å². The van der Waals surface area contributed by atoms with Crippen molar-refractivity contribution >= 4 is 40.5 Å². The van der Waals surface area contributed by atoms with Gasteiger partial charge in [0.25, 0.3) is 0 Å². The van der Waals surface area contributed by atoms with Crippen molar-refractivity contribution in [1.82, 2.24) is 25.1 Å². The molecular formula is C16H16ClN5O3. The Kier molecular flexibility index (Phi) is 3.64. The Balaban J connectivity index is 1.39. The smallest absolute Gasteiger partial charge is 0.317 e. The van der Waals surface area contributed by atoms with Crippen molar-refractivity contribution in [3.63, 3.8) is 0 Å². The molecule has 1 aromatic carbocycles. The number of imide groups is 1. The molecule has 3 heterocycles. The molecule has 4 amide bonds. The molecular weight excluding hydrogens is 346 g/mol. The maximum absolute atomic E-state index is 12.3. The maximum Gasteiger partial charge on any atom is 0.317 e. The third-order valence-corrected chi connectivity index (χ3v) is 5.04. The summed E-state index contributed by atoms with van der Waals surface area (Å²) in [4.78, 5) is 46.5. The second kappa shape index (κ2) is 5.73. The van der Waals surface area contributed by atoms with E-state index in [-0.39, 0.29) is 37.5 Å². The summed E-state index contributed by atoms with van der Waals surface area (Å²) in [5, 5.41) is 3.38. The van der Waals surface area contributed by atoms with Crippen molar-refractivity contribution in [2.45, 2.75) is 6.54 Å². The lowest BCUT2D eigenvalue weighted by Gasteiger charge is -2.19. The van der Waals surface area contributed by atoms with Crippen molar-refractivity contribution in [1.29, 1.82) is 0 Å². The number of aromatic nitrogens is 2. The summed E-state index contributed by atoms with van der Waals surface area (Å²) in [6.07, 6.45) is 0. The average molecular weight is 362 g/mol. The Bertz CT molecular complexity index is 871. The first-order valence-electron chi connectivity index (χ1n) is 7.92. The molecule has 0 bridgehead atoms. The molecule has 1 aromatic heterocycles. The van der Waals surface area contributed by atoms with Gasteiger partial charge in [0.1, 0.15) is 5.82 Å². The number of fused-ring (bicyclic) bond motifs is 2. The molecule has 2 saturated heterocycles. The summed E-state index contributed by atoms with van der Waals surface area (Å²) in [6.45, 7) is 0.751. The molecule has 9 heteroatoms. The minimum absolute atomic E-state index is 0.209. The zero-order valence-electron chi connectivity index (χ0n) is 13.5. The first kappa shape index (κ1) is 15.9. The molecule has 2 aromatic rings. The molecule has 2 aliphatic rings. The van der Waals surface area contributed by atoms with Gasteiger partial charge in [0.05, 0.1) is 29.4 Å². The van der Waals surface area contributed by atoms with Gasteiger partial charge in [0.15, 0.2) is 0 Å². The number of hydrogen-bond donors (Lipinski definition) is 2. The Hall–Kier alpha value is -2.61. The van der Waals surface area contributed by atoms with Crippen LogP contribution in [0, 0.1) is 11.8 Å². The summed E-state index contributed by atoms with van der Waals surface area (Å²) in [5.41, 5.74) is 1.57. The summed E-state index contributed by atoms with van der Waals surface area (Å²) in [6, 6.07) is 5.01. The summed E-state index contributed by atoms with van der Waals surface area (Å²) in [5.74, 6) is -0.649. The van der Waals surface area contributed by atoms with E-state index < -0.39 is 11.8 Å². The number of carbonyl (C=O) groups excluding carboxylic acids is 3. The van der Waals surface area contributed by atoms with Gasteiger partial charge in [0, 0.05) is 25.2 Å². The first-order valence-corrected chi connectivity index (χ1v) is 8.30. The number of aromatic amines is 1. The van der Waals surface area contributed by atoms with Crippen LogP contribution in [0.25, 0.3) is 11.0 Å². The van der Waals surface area contributed by atoms with Crippen LogP contribution in [0.4, 0.5) is 4.79 Å². The maximum atomic E-state index is 12.3. The quantitative estimate of drug-likeness (QED) is 0.779. The van der Waals surface area contributed by atoms with Gasteiger partial charge in [-0.25, -0.2) is 9.78 Å². The highest BCUT2D eigenvalue weighted by Gasteiger charge is 2.51. The Morgan fingerprint density at radius 1 is 1.32 bits per heavy atom. The number of halogens is 1. The van der Waals surface area contributed by atoms with Crippen LogP contribution in [0.1, 0.15) is 5.82 Å². The van der Waals surface area contributed by atoms with E-state index in [1.807, 2.05) is 0 Å². The number of urea groups is 1. The summed E-state index contributed by atoms with van der Waals surface area (Å²) in [7, 11) is 1.49. The molecule has 0 unspecified atom stereocenters. The van der Waals surface area contributed by atoms with Crippen LogP contribution in [0.5, 0.6) is 0 Å². The fraction of sp³-hybridized carbons (Fsp3) is 0.375. The van der Waals surface area contributed by atoms with Crippen molar-refractivity contribution in [3.8, 4) is 0 Å². The largest absolute Gasteiger partial charge is 0.340 e. The standard InChI is InChI=1S/C16H16ClN5O3/c1-21-14(23)9-6-22(7-10(9)15(21)24)16(25)18-5-13-19-11-3-2-8(17)4-12(11)20-13/h2-4,9-10H,5-7H2,1H3,(H,18,25)(H,19,20)/t9-,10+. The lowest BCUT2D eigenvalue weighted by molar-refractivity contribution is -0.138. The van der Waals surface area contributed by atoms with E-state index in [0.717, 1.165) is 15.9 Å². The van der Waals surface area contributed by atoms with Crippen LogP contribution in [-0.4, -0.2) is 57.8 Å². The number of H-pyrrole nitrogens is 1. The van der Waals surface area contributed by atoms with Crippen LogP contribution in [0.3, 0.4) is 0 Å². The first-order chi connectivity index (χ1) is 11.9. The molecule has 0 radical (unpaired) electrons. The second-order valence-electron chi connectivity index (χ2n) is 6.36. The highest BCUT2D eigenvalue weighted by Crippen LogP contribution is 2.32. The number of likely N-dealkylation sites (tertiary alicyclic amines) is 2. The molecule has 2 fully saturated rings. The number of nitrogens with one attached hydrogen (secondary N) is 2. The Morgan fingerprint density at radius 3 is 2.68 bits per heavy atom. The minimum Gasteiger partial charge on any atom is -0.340 e. The fourth-order valence-electron chi connectivity index (χ4n) is 3.47. The summed E-state index contributed by atoms with van der Waals surface area (Å²) < 4.78 is 0. The highest BCUT2D eigenvalue weighted by atomic mass is 35.5. The molecule has 2 aliphatic heterocycles. The number of rotatable bonds is 2. The molecule has 0 saturated carbocycles. The van der Waals surface area contributed by atoms with Gasteiger partial charge in [-0.2, -0.15) is 0 Å². The van der Waals surface area contributed by atoms with Gasteiger partial charge < -0.3 is 15.2 Å². The van der Waals surface area contributed by atoms with Crippen LogP contribution >= 0.6 is 11.6 Å². The predicted octanol–water partition coefficient (Wildman–Crippen LogP) is 0.973. The number of imidazole rings is 1. The third-order valence-electron chi connectivity index (χ3n) is 4.80. The van der Waals surface area contributed by atoms with E-state index in [2.05, 4.69) is 15.3 Å². The molecule has 2 N–H and O–H groups in total. The lowest BCUT2D eigenvalue weighted by Crippen LogP contribution is -2.41. The highest BCUT2D eigenvalue weighted by molar-refractivity contribution is 6.31. The van der Waals surface area contributed by atoms with Gasteiger partial charge in [-0.15, -0.1) is 0 Å². The number of carbonyl (C=O) groups is 3. The minimum atomic E-state index is -0.420. The van der Waals surface area contributed by atoms with Crippen molar-refractivity contribution in [2.75, 3.05) is 20.1 Å². The van der Waals surface area contributed by atoms with Gasteiger partial charge >= 0.3 is 6.03 Å². The SMILES string of the molecule is CN1C(=O)[C@H]2CN(C(=O)NCc3nc4ccc(Cl)cc4[nH]3)C[C@H]2C1=O. The monoisotopic (exact) mass is 361 g/mol. The van der Waals surface area contributed by atoms with E-state index in [4.69, 9.17) is 11.6 Å². The van der Waals surface area contributed by atoms with Gasteiger partial charge in [-0.1, -0.05) is 11.6 Å². The number of amides is 4. The van der Waals surface area contributed by atoms with E-state index >= 15 is 0 Å². The molecule has 8 nitrogen and oxygen atoms in total. The number of nitrogens with zero attached hydrogens (tertiary/aromatic N) is 3. The van der Waals surface area contributed by atoms with E-state index in [9.17, 15) is 14.4 Å². The van der Waals surface area contributed by atoms with Crippen molar-refractivity contribution in [3.05, 3.63) is 29.0 Å². The molecule has 25 heavy (non-hydrogen) atoms. The lowest BCUT2D eigenvalue weighted by atomic mass is 10.00. The second-order valence-corrected chi connectivity index (χ2v) is 6.79. The molecule has 2 atom stereocenters. The van der Waals surface area contributed by atoms with Gasteiger partial charge in [-0.05, 0) is 18.2 Å². The van der Waals surface area contributed by atoms with Crippen molar-refractivity contribution < 1.29 is 14.4 Å². The zero-order valence-corrected chi connectivity index (χ0v) is 14.2. The van der Waals surface area contributed by atoms with Crippen LogP contribution in [0.15, 0.2) is 18.2 Å². The number of benzene rings is 1. The van der Waals surface area contributed by atoms with Crippen LogP contribution in [0.2, 0.25) is 5.02 Å². The van der Waals surface area contributed by atoms with Gasteiger partial charge in [-0.3, -0.25) is 14.5 Å². The van der Waals surface area contributed by atoms with Crippen molar-refractivity contribution in [2.24, 2.45) is 11.8 Å². The Morgan fingerprint density at radius 2 is 2.00 bits per heavy atom.